The van der Waals surface area contributed by atoms with Crippen LogP contribution in [0.5, 0.6) is 0 Å². The zero-order valence-electron chi connectivity index (χ0n) is 5.10. The van der Waals surface area contributed by atoms with E-state index in [1.165, 1.54) is 0 Å². The molecule has 0 aromatic heterocycles. The van der Waals surface area contributed by atoms with Crippen LogP contribution in [0.15, 0.2) is 0 Å². The fourth-order valence-corrected chi connectivity index (χ4v) is 0.427. The molecule has 0 aromatic rings. The average molecular weight is 170 g/mol. The topological polar surface area (TPSA) is 89.9 Å². The summed E-state index contributed by atoms with van der Waals surface area (Å²) in [5.41, 5.74) is 0. The molecule has 10 heavy (non-hydrogen) atoms. The molecule has 6 nitrogen and oxygen atoms in total. The van der Waals surface area contributed by atoms with Gasteiger partial charge in [0.2, 0.25) is 5.94 Å². The lowest BCUT2D eigenvalue weighted by Gasteiger charge is -1.98. The van der Waals surface area contributed by atoms with Crippen LogP contribution in [0.4, 0.5) is 4.79 Å². The van der Waals surface area contributed by atoms with Gasteiger partial charge in [-0.05, 0) is 0 Å². The molecule has 0 heterocycles. The van der Waals surface area contributed by atoms with E-state index >= 15 is 0 Å². The highest BCUT2D eigenvalue weighted by Gasteiger charge is 2.08. The molecule has 0 atom stereocenters. The molecule has 0 aliphatic carbocycles. The fourth-order valence-electron chi connectivity index (χ4n) is 0.182. The van der Waals surface area contributed by atoms with Gasteiger partial charge in [0.05, 0.1) is 7.11 Å². The van der Waals surface area contributed by atoms with Gasteiger partial charge in [-0.25, -0.2) is 4.79 Å². The molecule has 60 valence electrons. The Morgan fingerprint density at radius 3 is 2.40 bits per heavy atom. The number of carbonyl (C=O) groups is 1. The lowest BCUT2D eigenvalue weighted by Crippen LogP contribution is -2.12. The molecule has 0 aliphatic heterocycles. The minimum atomic E-state index is -4.25. The van der Waals surface area contributed by atoms with Gasteiger partial charge in [-0.3, -0.25) is 4.55 Å². The van der Waals surface area contributed by atoms with Gasteiger partial charge >= 0.3 is 16.3 Å². The number of ether oxygens (including phenoxy) is 2. The Kier molecular flexibility index (Phi) is 3.10. The molecule has 0 bridgehead atoms. The van der Waals surface area contributed by atoms with Crippen LogP contribution in [0.2, 0.25) is 0 Å². The second-order valence-electron chi connectivity index (χ2n) is 1.30. The van der Waals surface area contributed by atoms with E-state index < -0.39 is 22.2 Å². The first-order valence-corrected chi connectivity index (χ1v) is 3.72. The number of carbonyl (C=O) groups excluding carboxylic acids is 1. The molecule has 0 spiro atoms. The minimum absolute atomic E-state index is 1.02. The third-order valence-corrected chi connectivity index (χ3v) is 0.908. The SMILES string of the molecule is COC(=O)OCS(=O)(=O)O. The number of methoxy groups -OCH3 is 1. The van der Waals surface area contributed by atoms with Crippen molar-refractivity contribution in [3.05, 3.63) is 0 Å². The van der Waals surface area contributed by atoms with Crippen molar-refractivity contribution in [1.29, 1.82) is 0 Å². The maximum atomic E-state index is 10.0. The van der Waals surface area contributed by atoms with Gasteiger partial charge in [0, 0.05) is 0 Å². The predicted octanol–water partition coefficient (Wildman–Crippen LogP) is -0.385. The van der Waals surface area contributed by atoms with Gasteiger partial charge in [0.15, 0.2) is 0 Å². The van der Waals surface area contributed by atoms with Crippen LogP contribution in [0.1, 0.15) is 0 Å². The highest BCUT2D eigenvalue weighted by molar-refractivity contribution is 7.85. The summed E-state index contributed by atoms with van der Waals surface area (Å²) in [6.45, 7) is 0. The Labute approximate surface area is 57.5 Å². The highest BCUT2D eigenvalue weighted by Crippen LogP contribution is 1.86. The van der Waals surface area contributed by atoms with Crippen LogP contribution in [-0.4, -0.2) is 32.2 Å². The smallest absolute Gasteiger partial charge is 0.438 e. The van der Waals surface area contributed by atoms with E-state index in [1.807, 2.05) is 0 Å². The molecule has 7 heteroatoms. The molecule has 0 rings (SSSR count). The molecule has 0 aliphatic rings. The van der Waals surface area contributed by atoms with Crippen molar-refractivity contribution >= 4 is 16.3 Å². The Morgan fingerprint density at radius 2 is 2.10 bits per heavy atom. The number of rotatable bonds is 2. The summed E-state index contributed by atoms with van der Waals surface area (Å²) >= 11 is 0. The lowest BCUT2D eigenvalue weighted by atomic mass is 11.3. The van der Waals surface area contributed by atoms with E-state index in [2.05, 4.69) is 9.47 Å². The van der Waals surface area contributed by atoms with E-state index in [-0.39, 0.29) is 0 Å². The molecular weight excluding hydrogens is 164 g/mol. The van der Waals surface area contributed by atoms with Crippen molar-refractivity contribution in [3.63, 3.8) is 0 Å². The van der Waals surface area contributed by atoms with Crippen LogP contribution in [0, 0.1) is 0 Å². The number of hydrogen-bond acceptors (Lipinski definition) is 5. The van der Waals surface area contributed by atoms with E-state index in [0.29, 0.717) is 0 Å². The van der Waals surface area contributed by atoms with Crippen molar-refractivity contribution in [2.45, 2.75) is 0 Å². The minimum Gasteiger partial charge on any atom is -0.438 e. The van der Waals surface area contributed by atoms with Gasteiger partial charge in [0.1, 0.15) is 0 Å². The summed E-state index contributed by atoms with van der Waals surface area (Å²) in [6.07, 6.45) is -1.15. The quantitative estimate of drug-likeness (QED) is 0.448. The van der Waals surface area contributed by atoms with Crippen LogP contribution in [-0.2, 0) is 19.6 Å². The molecule has 0 amide bonds. The molecule has 0 fully saturated rings. The first kappa shape index (κ1) is 9.18. The van der Waals surface area contributed by atoms with E-state index in [1.54, 1.807) is 0 Å². The van der Waals surface area contributed by atoms with Crippen LogP contribution >= 0.6 is 0 Å². The van der Waals surface area contributed by atoms with E-state index in [4.69, 9.17) is 4.55 Å². The fraction of sp³-hybridized carbons (Fsp3) is 0.667. The Balaban J connectivity index is 3.67. The predicted molar refractivity (Wildman–Crippen MR) is 29.9 cm³/mol. The van der Waals surface area contributed by atoms with E-state index in [0.717, 1.165) is 7.11 Å². The van der Waals surface area contributed by atoms with Crippen molar-refractivity contribution in [3.8, 4) is 0 Å². The maximum absolute atomic E-state index is 10.0. The van der Waals surface area contributed by atoms with Gasteiger partial charge in [-0.2, -0.15) is 8.42 Å². The first-order chi connectivity index (χ1) is 4.45. The second-order valence-corrected chi connectivity index (χ2v) is 2.70. The molecule has 1 N–H and O–H groups in total. The summed E-state index contributed by atoms with van der Waals surface area (Å²) in [7, 11) is -3.23. The Bertz CT molecular complexity index is 203. The summed E-state index contributed by atoms with van der Waals surface area (Å²) < 4.78 is 35.5. The van der Waals surface area contributed by atoms with Crippen LogP contribution in [0.25, 0.3) is 0 Å². The summed E-state index contributed by atoms with van der Waals surface area (Å²) in [6, 6.07) is 0. The van der Waals surface area contributed by atoms with Crippen molar-refractivity contribution in [2.24, 2.45) is 0 Å². The normalized spacial score (nSPS) is 10.6. The maximum Gasteiger partial charge on any atom is 0.509 e. The molecule has 0 saturated carbocycles. The molecule has 0 aromatic carbocycles. The van der Waals surface area contributed by atoms with Crippen molar-refractivity contribution in [2.75, 3.05) is 13.0 Å². The monoisotopic (exact) mass is 170 g/mol. The Morgan fingerprint density at radius 1 is 1.60 bits per heavy atom. The highest BCUT2D eigenvalue weighted by atomic mass is 32.2. The van der Waals surface area contributed by atoms with Crippen LogP contribution in [0.3, 0.4) is 0 Å². The second kappa shape index (κ2) is 3.37. The zero-order chi connectivity index (χ0) is 8.20. The van der Waals surface area contributed by atoms with Gasteiger partial charge in [0.25, 0.3) is 0 Å². The molecule has 0 unspecified atom stereocenters. The standard InChI is InChI=1S/C3H6O6S/c1-8-3(4)9-2-10(5,6)7/h2H2,1H3,(H,5,6,7). The van der Waals surface area contributed by atoms with Gasteiger partial charge in [-0.15, -0.1) is 0 Å². The van der Waals surface area contributed by atoms with Gasteiger partial charge < -0.3 is 9.47 Å². The lowest BCUT2D eigenvalue weighted by molar-refractivity contribution is 0.0848. The summed E-state index contributed by atoms with van der Waals surface area (Å²) in [5, 5.41) is 0. The van der Waals surface area contributed by atoms with Crippen molar-refractivity contribution < 1.29 is 27.2 Å². The van der Waals surface area contributed by atoms with E-state index in [9.17, 15) is 13.2 Å². The molecular formula is C3H6O6S. The first-order valence-electron chi connectivity index (χ1n) is 2.11. The van der Waals surface area contributed by atoms with Crippen LogP contribution < -0.4 is 0 Å². The third kappa shape index (κ3) is 5.32. The average Bonchev–Trinajstić information content (AvgIpc) is 1.81. The van der Waals surface area contributed by atoms with Gasteiger partial charge in [-0.1, -0.05) is 0 Å². The summed E-state index contributed by atoms with van der Waals surface area (Å²) in [5.74, 6) is -1.08. The Hall–Kier alpha value is -0.820. The molecule has 0 saturated heterocycles. The largest absolute Gasteiger partial charge is 0.509 e. The van der Waals surface area contributed by atoms with Crippen molar-refractivity contribution in [1.82, 2.24) is 0 Å². The zero-order valence-corrected chi connectivity index (χ0v) is 5.92. The molecule has 0 radical (unpaired) electrons. The third-order valence-electron chi connectivity index (χ3n) is 0.492. The number of hydrogen-bond donors (Lipinski definition) is 1. The summed E-state index contributed by atoms with van der Waals surface area (Å²) in [4.78, 5) is 10.0.